The van der Waals surface area contributed by atoms with Crippen molar-refractivity contribution in [3.05, 3.63) is 47.6 Å². The summed E-state index contributed by atoms with van der Waals surface area (Å²) in [7, 11) is 1.50. The number of carbonyl (C=O) groups excluding carboxylic acids is 2. The van der Waals surface area contributed by atoms with E-state index in [0.717, 1.165) is 17.6 Å². The fourth-order valence-electron chi connectivity index (χ4n) is 4.34. The molecule has 0 aliphatic carbocycles. The number of pyridine rings is 1. The summed E-state index contributed by atoms with van der Waals surface area (Å²) >= 11 is 0. The molecule has 4 rings (SSSR count). The van der Waals surface area contributed by atoms with Crippen molar-refractivity contribution in [3.63, 3.8) is 0 Å². The van der Waals surface area contributed by atoms with E-state index in [1.165, 1.54) is 19.4 Å². The van der Waals surface area contributed by atoms with Gasteiger partial charge in [-0.05, 0) is 18.9 Å². The van der Waals surface area contributed by atoms with Crippen molar-refractivity contribution < 1.29 is 18.7 Å². The molecule has 0 unspecified atom stereocenters. The summed E-state index contributed by atoms with van der Waals surface area (Å²) in [6.07, 6.45) is 5.94. The van der Waals surface area contributed by atoms with Crippen LogP contribution in [0.5, 0.6) is 0 Å². The van der Waals surface area contributed by atoms with Crippen molar-refractivity contribution in [1.29, 1.82) is 0 Å². The number of nitrogens with one attached hydrogen (secondary N) is 1. The van der Waals surface area contributed by atoms with Crippen molar-refractivity contribution in [2.24, 2.45) is 0 Å². The summed E-state index contributed by atoms with van der Waals surface area (Å²) in [4.78, 5) is 40.4. The highest BCUT2D eigenvalue weighted by Gasteiger charge is 2.49. The van der Waals surface area contributed by atoms with Crippen molar-refractivity contribution in [2.45, 2.75) is 24.8 Å². The number of hydrogen-bond donors (Lipinski definition) is 1. The summed E-state index contributed by atoms with van der Waals surface area (Å²) in [5.41, 5.74) is 1.59. The van der Waals surface area contributed by atoms with E-state index in [1.807, 2.05) is 4.90 Å². The van der Waals surface area contributed by atoms with Gasteiger partial charge in [-0.15, -0.1) is 0 Å². The van der Waals surface area contributed by atoms with Gasteiger partial charge in [-0.25, -0.2) is 9.37 Å². The van der Waals surface area contributed by atoms with E-state index in [4.69, 9.17) is 4.74 Å². The van der Waals surface area contributed by atoms with Gasteiger partial charge in [-0.2, -0.15) is 0 Å². The van der Waals surface area contributed by atoms with E-state index >= 15 is 0 Å². The summed E-state index contributed by atoms with van der Waals surface area (Å²) in [5, 5.41) is 0. The number of aromatic amines is 1. The molecule has 2 aliphatic heterocycles. The normalized spacial score (nSPS) is 18.2. The number of likely N-dealkylation sites (tertiary alicyclic amines) is 1. The molecule has 0 atom stereocenters. The molecule has 28 heavy (non-hydrogen) atoms. The van der Waals surface area contributed by atoms with Gasteiger partial charge in [0.05, 0.1) is 29.3 Å². The zero-order valence-electron chi connectivity index (χ0n) is 15.7. The Kier molecular flexibility index (Phi) is 4.84. The number of piperidine rings is 1. The quantitative estimate of drug-likeness (QED) is 0.852. The predicted molar refractivity (Wildman–Crippen MR) is 96.9 cm³/mol. The van der Waals surface area contributed by atoms with Crippen molar-refractivity contribution in [1.82, 2.24) is 24.8 Å². The lowest BCUT2D eigenvalue weighted by Gasteiger charge is -2.50. The number of imidazole rings is 1. The molecule has 0 bridgehead atoms. The minimum atomic E-state index is -0.555. The number of aromatic nitrogens is 3. The second-order valence-corrected chi connectivity index (χ2v) is 7.17. The minimum Gasteiger partial charge on any atom is -0.375 e. The lowest BCUT2D eigenvalue weighted by Crippen LogP contribution is -2.59. The van der Waals surface area contributed by atoms with Crippen LogP contribution < -0.4 is 0 Å². The third-order valence-corrected chi connectivity index (χ3v) is 5.66. The maximum absolute atomic E-state index is 13.4. The number of H-pyrrole nitrogens is 1. The smallest absolute Gasteiger partial charge is 0.255 e. The monoisotopic (exact) mass is 387 g/mol. The zero-order chi connectivity index (χ0) is 19.7. The number of amides is 2. The van der Waals surface area contributed by atoms with Crippen LogP contribution in [-0.4, -0.2) is 69.9 Å². The fraction of sp³-hybridized carbons (Fsp3) is 0.474. The Hall–Kier alpha value is -2.81. The summed E-state index contributed by atoms with van der Waals surface area (Å²) in [5.74, 6) is -0.871. The second-order valence-electron chi connectivity index (χ2n) is 7.17. The first-order valence-corrected chi connectivity index (χ1v) is 9.27. The molecule has 2 amide bonds. The first-order valence-electron chi connectivity index (χ1n) is 9.27. The van der Waals surface area contributed by atoms with Crippen LogP contribution in [0.2, 0.25) is 0 Å². The largest absolute Gasteiger partial charge is 0.375 e. The average molecular weight is 387 g/mol. The van der Waals surface area contributed by atoms with Gasteiger partial charge in [0.15, 0.2) is 0 Å². The highest BCUT2D eigenvalue weighted by Crippen LogP contribution is 2.42. The Morgan fingerprint density at radius 3 is 2.79 bits per heavy atom. The van der Waals surface area contributed by atoms with Gasteiger partial charge >= 0.3 is 0 Å². The molecule has 4 heterocycles. The number of halogens is 1. The summed E-state index contributed by atoms with van der Waals surface area (Å²) in [6.45, 7) is 1.48. The van der Waals surface area contributed by atoms with Gasteiger partial charge in [0, 0.05) is 45.1 Å². The first-order chi connectivity index (χ1) is 13.5. The Morgan fingerprint density at radius 2 is 2.07 bits per heavy atom. The van der Waals surface area contributed by atoms with Crippen LogP contribution in [0.4, 0.5) is 4.39 Å². The molecule has 2 aromatic heterocycles. The highest BCUT2D eigenvalue weighted by molar-refractivity contribution is 5.94. The molecule has 1 N–H and O–H groups in total. The van der Waals surface area contributed by atoms with E-state index in [9.17, 15) is 14.0 Å². The third kappa shape index (κ3) is 3.05. The molecule has 1 spiro atoms. The van der Waals surface area contributed by atoms with E-state index in [0.29, 0.717) is 38.9 Å². The topological polar surface area (TPSA) is 91.4 Å². The van der Waals surface area contributed by atoms with Gasteiger partial charge in [-0.1, -0.05) is 0 Å². The molecule has 9 heteroatoms. The number of rotatable bonds is 3. The molecule has 8 nitrogen and oxygen atoms in total. The number of methoxy groups -OCH3 is 1. The zero-order valence-corrected chi connectivity index (χ0v) is 15.7. The SMILES string of the molecule is COCC(=O)N1CCc2[nH]cnc2C12CCN(C(=O)c1cncc(F)c1)CC2. The standard InChI is InChI=1S/C19H22FN5O3/c1-28-11-16(26)25-5-2-15-17(23-12-22-15)19(25)3-6-24(7-4-19)18(27)13-8-14(20)10-21-9-13/h8-10,12H,2-7,11H2,1H3,(H,22,23). The van der Waals surface area contributed by atoms with E-state index in [-0.39, 0.29) is 24.0 Å². The lowest BCUT2D eigenvalue weighted by molar-refractivity contribution is -0.145. The van der Waals surface area contributed by atoms with Crippen molar-refractivity contribution >= 4 is 11.8 Å². The Labute approximate surface area is 161 Å². The van der Waals surface area contributed by atoms with Crippen molar-refractivity contribution in [2.75, 3.05) is 33.4 Å². The van der Waals surface area contributed by atoms with Gasteiger partial charge in [-0.3, -0.25) is 14.6 Å². The van der Waals surface area contributed by atoms with Crippen LogP contribution in [0, 0.1) is 5.82 Å². The molecular formula is C19H22FN5O3. The molecule has 0 radical (unpaired) electrons. The summed E-state index contributed by atoms with van der Waals surface area (Å²) < 4.78 is 18.5. The van der Waals surface area contributed by atoms with Crippen LogP contribution in [0.25, 0.3) is 0 Å². The van der Waals surface area contributed by atoms with Crippen LogP contribution in [-0.2, 0) is 21.5 Å². The van der Waals surface area contributed by atoms with Gasteiger partial charge in [0.25, 0.3) is 5.91 Å². The van der Waals surface area contributed by atoms with Crippen LogP contribution >= 0.6 is 0 Å². The van der Waals surface area contributed by atoms with Crippen LogP contribution in [0.15, 0.2) is 24.8 Å². The number of ether oxygens (including phenoxy) is 1. The predicted octanol–water partition coefficient (Wildman–Crippen LogP) is 1.11. The molecule has 1 saturated heterocycles. The van der Waals surface area contributed by atoms with Gasteiger partial charge in [0.2, 0.25) is 5.91 Å². The molecule has 148 valence electrons. The number of carbonyl (C=O) groups is 2. The number of fused-ring (bicyclic) bond motifs is 2. The van der Waals surface area contributed by atoms with Crippen LogP contribution in [0.3, 0.4) is 0 Å². The molecule has 0 aromatic carbocycles. The van der Waals surface area contributed by atoms with E-state index in [1.54, 1.807) is 11.2 Å². The van der Waals surface area contributed by atoms with Gasteiger partial charge < -0.3 is 19.5 Å². The molecule has 1 fully saturated rings. The molecule has 2 aromatic rings. The van der Waals surface area contributed by atoms with Crippen molar-refractivity contribution in [3.8, 4) is 0 Å². The van der Waals surface area contributed by atoms with E-state index < -0.39 is 11.4 Å². The third-order valence-electron chi connectivity index (χ3n) is 5.66. The Balaban J connectivity index is 1.58. The maximum atomic E-state index is 13.4. The van der Waals surface area contributed by atoms with Gasteiger partial charge in [0.1, 0.15) is 12.4 Å². The average Bonchev–Trinajstić information content (AvgIpc) is 3.18. The molecule has 0 saturated carbocycles. The number of hydrogen-bond acceptors (Lipinski definition) is 5. The molecular weight excluding hydrogens is 365 g/mol. The first kappa shape index (κ1) is 18.5. The van der Waals surface area contributed by atoms with E-state index in [2.05, 4.69) is 15.0 Å². The highest BCUT2D eigenvalue weighted by atomic mass is 19.1. The Bertz CT molecular complexity index is 891. The maximum Gasteiger partial charge on any atom is 0.255 e. The molecule has 2 aliphatic rings. The fourth-order valence-corrected chi connectivity index (χ4v) is 4.34. The lowest BCUT2D eigenvalue weighted by atomic mass is 9.78. The number of nitrogens with zero attached hydrogens (tertiary/aromatic N) is 4. The minimum absolute atomic E-state index is 0.0130. The van der Waals surface area contributed by atoms with Crippen LogP contribution in [0.1, 0.15) is 34.6 Å². The Morgan fingerprint density at radius 1 is 1.29 bits per heavy atom. The second kappa shape index (κ2) is 7.31. The summed E-state index contributed by atoms with van der Waals surface area (Å²) in [6, 6.07) is 1.19.